The van der Waals surface area contributed by atoms with Gasteiger partial charge in [0.25, 0.3) is 5.69 Å². The molecule has 1 fully saturated rings. The number of benzene rings is 1. The summed E-state index contributed by atoms with van der Waals surface area (Å²) >= 11 is 0. The molecule has 1 aromatic carbocycles. The van der Waals surface area contributed by atoms with E-state index in [0.29, 0.717) is 17.8 Å². The lowest BCUT2D eigenvalue weighted by Gasteiger charge is -2.36. The second-order valence-electron chi connectivity index (χ2n) is 6.59. The number of hydrogen-bond donors (Lipinski definition) is 0. The highest BCUT2D eigenvalue weighted by Gasteiger charge is 2.33. The molecule has 126 valence electrons. The van der Waals surface area contributed by atoms with E-state index < -0.39 is 11.1 Å². The first-order chi connectivity index (χ1) is 10.9. The molecule has 1 aromatic rings. The van der Waals surface area contributed by atoms with Crippen molar-refractivity contribution in [3.05, 3.63) is 34.4 Å². The molecule has 0 amide bonds. The summed E-state index contributed by atoms with van der Waals surface area (Å²) in [5.41, 5.74) is -0.0494. The van der Waals surface area contributed by atoms with Crippen LogP contribution in [0.3, 0.4) is 0 Å². The number of nitro benzene ring substituents is 1. The van der Waals surface area contributed by atoms with Crippen LogP contribution in [0.5, 0.6) is 5.75 Å². The summed E-state index contributed by atoms with van der Waals surface area (Å²) < 4.78 is 10.7. The third kappa shape index (κ3) is 4.68. The average Bonchev–Trinajstić information content (AvgIpc) is 2.47. The molecule has 0 aromatic heterocycles. The van der Waals surface area contributed by atoms with Crippen LogP contribution in [-0.4, -0.2) is 17.2 Å². The fourth-order valence-corrected chi connectivity index (χ4v) is 3.13. The first-order valence-electron chi connectivity index (χ1n) is 7.99. The van der Waals surface area contributed by atoms with Gasteiger partial charge >= 0.3 is 6.16 Å². The molecule has 23 heavy (non-hydrogen) atoms. The Kier molecular flexibility index (Phi) is 5.58. The first-order valence-corrected chi connectivity index (χ1v) is 7.99. The van der Waals surface area contributed by atoms with Crippen molar-refractivity contribution in [2.75, 3.05) is 0 Å². The summed E-state index contributed by atoms with van der Waals surface area (Å²) in [5.74, 6) is 1.56. The maximum Gasteiger partial charge on any atom is 0.514 e. The Morgan fingerprint density at radius 3 is 2.48 bits per heavy atom. The van der Waals surface area contributed by atoms with Gasteiger partial charge in [0.1, 0.15) is 11.9 Å². The Hall–Kier alpha value is -2.11. The Morgan fingerprint density at radius 2 is 1.91 bits per heavy atom. The van der Waals surface area contributed by atoms with Crippen molar-refractivity contribution >= 4 is 11.8 Å². The standard InChI is InChI=1S/C17H23NO5/c1-11(2)15-9-4-12(3)10-16(15)23-17(19)22-14-7-5-13(6-8-14)18(20)21/h5-8,11-12,15-16H,4,9-10H2,1-3H3/t12-,15+,16-/m1/s1. The topological polar surface area (TPSA) is 78.7 Å². The third-order valence-corrected chi connectivity index (χ3v) is 4.46. The normalized spacial score (nSPS) is 24.3. The van der Waals surface area contributed by atoms with E-state index in [4.69, 9.17) is 9.47 Å². The zero-order valence-corrected chi connectivity index (χ0v) is 13.7. The van der Waals surface area contributed by atoms with Gasteiger partial charge in [-0.2, -0.15) is 0 Å². The van der Waals surface area contributed by atoms with Crippen molar-refractivity contribution in [1.82, 2.24) is 0 Å². The molecule has 0 bridgehead atoms. The molecule has 6 nitrogen and oxygen atoms in total. The van der Waals surface area contributed by atoms with E-state index in [1.807, 2.05) is 0 Å². The molecule has 0 spiro atoms. The number of carbonyl (C=O) groups is 1. The van der Waals surface area contributed by atoms with E-state index in [-0.39, 0.29) is 17.5 Å². The molecule has 1 saturated carbocycles. The predicted molar refractivity (Wildman–Crippen MR) is 85.3 cm³/mol. The van der Waals surface area contributed by atoms with Crippen LogP contribution >= 0.6 is 0 Å². The van der Waals surface area contributed by atoms with Gasteiger partial charge in [-0.05, 0) is 42.7 Å². The van der Waals surface area contributed by atoms with Gasteiger partial charge in [-0.15, -0.1) is 0 Å². The van der Waals surface area contributed by atoms with Crippen molar-refractivity contribution in [2.45, 2.75) is 46.1 Å². The quantitative estimate of drug-likeness (QED) is 0.351. The average molecular weight is 321 g/mol. The Morgan fingerprint density at radius 1 is 1.26 bits per heavy atom. The molecule has 6 heteroatoms. The number of nitro groups is 1. The SMILES string of the molecule is CC(C)[C@@H]1CC[C@@H](C)C[C@H]1OC(=O)Oc1ccc([N+](=O)[O-])cc1. The Bertz CT molecular complexity index is 555. The van der Waals surface area contributed by atoms with Gasteiger partial charge in [-0.3, -0.25) is 10.1 Å². The first kappa shape index (κ1) is 17.2. The lowest BCUT2D eigenvalue weighted by atomic mass is 9.75. The zero-order chi connectivity index (χ0) is 17.0. The van der Waals surface area contributed by atoms with Gasteiger partial charge in [-0.25, -0.2) is 4.79 Å². The van der Waals surface area contributed by atoms with E-state index in [1.165, 1.54) is 24.3 Å². The highest BCUT2D eigenvalue weighted by molar-refractivity contribution is 5.64. The van der Waals surface area contributed by atoms with E-state index in [9.17, 15) is 14.9 Å². The number of rotatable bonds is 4. The molecule has 0 heterocycles. The molecule has 0 radical (unpaired) electrons. The molecular weight excluding hydrogens is 298 g/mol. The molecule has 1 aliphatic rings. The van der Waals surface area contributed by atoms with E-state index >= 15 is 0 Å². The summed E-state index contributed by atoms with van der Waals surface area (Å²) in [6.07, 6.45) is 2.17. The van der Waals surface area contributed by atoms with Crippen LogP contribution in [-0.2, 0) is 4.74 Å². The summed E-state index contributed by atoms with van der Waals surface area (Å²) in [5, 5.41) is 10.6. The van der Waals surface area contributed by atoms with Gasteiger partial charge in [0.2, 0.25) is 0 Å². The molecular formula is C17H23NO5. The minimum Gasteiger partial charge on any atom is -0.430 e. The van der Waals surface area contributed by atoms with Crippen LogP contribution in [0.4, 0.5) is 10.5 Å². The van der Waals surface area contributed by atoms with Crippen LogP contribution in [0, 0.1) is 27.9 Å². The van der Waals surface area contributed by atoms with Gasteiger partial charge in [0.05, 0.1) is 4.92 Å². The third-order valence-electron chi connectivity index (χ3n) is 4.46. The minimum atomic E-state index is -0.747. The van der Waals surface area contributed by atoms with Crippen molar-refractivity contribution in [1.29, 1.82) is 0 Å². The van der Waals surface area contributed by atoms with Gasteiger partial charge < -0.3 is 9.47 Å². The van der Waals surface area contributed by atoms with Crippen LogP contribution in [0.15, 0.2) is 24.3 Å². The molecule has 0 saturated heterocycles. The molecule has 0 aliphatic heterocycles. The smallest absolute Gasteiger partial charge is 0.430 e. The monoisotopic (exact) mass is 321 g/mol. The second-order valence-corrected chi connectivity index (χ2v) is 6.59. The van der Waals surface area contributed by atoms with Gasteiger partial charge in [-0.1, -0.05) is 27.2 Å². The number of non-ortho nitro benzene ring substituents is 1. The highest BCUT2D eigenvalue weighted by atomic mass is 16.7. The molecule has 1 aliphatic carbocycles. The Labute approximate surface area is 135 Å². The molecule has 2 rings (SSSR count). The summed E-state index contributed by atoms with van der Waals surface area (Å²) in [7, 11) is 0. The van der Waals surface area contributed by atoms with Crippen LogP contribution < -0.4 is 4.74 Å². The fraction of sp³-hybridized carbons (Fsp3) is 0.588. The van der Waals surface area contributed by atoms with E-state index in [0.717, 1.165) is 19.3 Å². The number of ether oxygens (including phenoxy) is 2. The number of hydrogen-bond acceptors (Lipinski definition) is 5. The second kappa shape index (κ2) is 7.44. The predicted octanol–water partition coefficient (Wildman–Crippen LogP) is 4.57. The zero-order valence-electron chi connectivity index (χ0n) is 13.7. The van der Waals surface area contributed by atoms with Crippen molar-refractivity contribution in [2.24, 2.45) is 17.8 Å². The van der Waals surface area contributed by atoms with E-state index in [1.54, 1.807) is 0 Å². The fourth-order valence-electron chi connectivity index (χ4n) is 3.13. The molecule has 0 unspecified atom stereocenters. The Balaban J connectivity index is 1.95. The highest BCUT2D eigenvalue weighted by Crippen LogP contribution is 2.35. The maximum absolute atomic E-state index is 12.0. The van der Waals surface area contributed by atoms with Crippen LogP contribution in [0.1, 0.15) is 40.0 Å². The maximum atomic E-state index is 12.0. The van der Waals surface area contributed by atoms with Crippen LogP contribution in [0.25, 0.3) is 0 Å². The van der Waals surface area contributed by atoms with Crippen LogP contribution in [0.2, 0.25) is 0 Å². The molecule has 3 atom stereocenters. The lowest BCUT2D eigenvalue weighted by molar-refractivity contribution is -0.384. The van der Waals surface area contributed by atoms with Gasteiger partial charge in [0, 0.05) is 12.1 Å². The van der Waals surface area contributed by atoms with Crippen molar-refractivity contribution in [3.8, 4) is 5.75 Å². The summed E-state index contributed by atoms with van der Waals surface area (Å²) in [6.45, 7) is 6.44. The van der Waals surface area contributed by atoms with Gasteiger partial charge in [0.15, 0.2) is 0 Å². The molecule has 0 N–H and O–H groups in total. The lowest BCUT2D eigenvalue weighted by Crippen LogP contribution is -2.36. The largest absolute Gasteiger partial charge is 0.514 e. The van der Waals surface area contributed by atoms with E-state index in [2.05, 4.69) is 20.8 Å². The summed E-state index contributed by atoms with van der Waals surface area (Å²) in [6, 6.07) is 5.37. The number of nitrogens with zero attached hydrogens (tertiary/aromatic N) is 1. The minimum absolute atomic E-state index is 0.0494. The van der Waals surface area contributed by atoms with Crippen molar-refractivity contribution in [3.63, 3.8) is 0 Å². The van der Waals surface area contributed by atoms with Crippen molar-refractivity contribution < 1.29 is 19.2 Å². The summed E-state index contributed by atoms with van der Waals surface area (Å²) in [4.78, 5) is 22.1. The number of carbonyl (C=O) groups excluding carboxylic acids is 1.